The van der Waals surface area contributed by atoms with E-state index in [0.717, 1.165) is 17.1 Å². The summed E-state index contributed by atoms with van der Waals surface area (Å²) in [6, 6.07) is 12.1. The molecular weight excluding hydrogens is 246 g/mol. The van der Waals surface area contributed by atoms with Gasteiger partial charge >= 0.3 is 0 Å². The Hall–Kier alpha value is -1.96. The molecule has 0 saturated carbocycles. The van der Waals surface area contributed by atoms with Crippen LogP contribution in [-0.4, -0.2) is 0 Å². The van der Waals surface area contributed by atoms with Crippen molar-refractivity contribution in [1.29, 1.82) is 0 Å². The van der Waals surface area contributed by atoms with E-state index in [9.17, 15) is 0 Å². The SMILES string of the molecule is Cc1ccc(N)c(Oc2ccc(C)cc2C(C)(C)C)c1. The van der Waals surface area contributed by atoms with Crippen LogP contribution in [-0.2, 0) is 5.41 Å². The average molecular weight is 269 g/mol. The number of benzene rings is 2. The normalized spacial score (nSPS) is 11.4. The summed E-state index contributed by atoms with van der Waals surface area (Å²) in [6.07, 6.45) is 0. The molecule has 0 unspecified atom stereocenters. The van der Waals surface area contributed by atoms with Crippen LogP contribution >= 0.6 is 0 Å². The van der Waals surface area contributed by atoms with Crippen molar-refractivity contribution in [3.05, 3.63) is 53.1 Å². The second-order valence-electron chi connectivity index (χ2n) is 6.39. The van der Waals surface area contributed by atoms with Crippen LogP contribution in [0, 0.1) is 13.8 Å². The minimum absolute atomic E-state index is 0.0277. The minimum Gasteiger partial charge on any atom is -0.455 e. The van der Waals surface area contributed by atoms with Gasteiger partial charge in [-0.3, -0.25) is 0 Å². The van der Waals surface area contributed by atoms with E-state index in [1.54, 1.807) is 0 Å². The number of anilines is 1. The first-order valence-corrected chi connectivity index (χ1v) is 6.92. The van der Waals surface area contributed by atoms with Gasteiger partial charge in [-0.15, -0.1) is 0 Å². The lowest BCUT2D eigenvalue weighted by Crippen LogP contribution is -2.13. The zero-order chi connectivity index (χ0) is 14.9. The molecule has 0 spiro atoms. The molecule has 20 heavy (non-hydrogen) atoms. The Morgan fingerprint density at radius 3 is 2.10 bits per heavy atom. The number of hydrogen-bond donors (Lipinski definition) is 1. The van der Waals surface area contributed by atoms with Gasteiger partial charge in [0.2, 0.25) is 0 Å². The molecule has 0 bridgehead atoms. The van der Waals surface area contributed by atoms with Crippen molar-refractivity contribution < 1.29 is 4.74 Å². The molecule has 0 heterocycles. The largest absolute Gasteiger partial charge is 0.455 e. The second kappa shape index (κ2) is 5.20. The van der Waals surface area contributed by atoms with Crippen LogP contribution in [0.3, 0.4) is 0 Å². The van der Waals surface area contributed by atoms with Crippen LogP contribution in [0.2, 0.25) is 0 Å². The van der Waals surface area contributed by atoms with E-state index in [0.29, 0.717) is 5.69 Å². The number of nitrogen functional groups attached to an aromatic ring is 1. The van der Waals surface area contributed by atoms with Gasteiger partial charge in [0.25, 0.3) is 0 Å². The molecule has 2 rings (SSSR count). The smallest absolute Gasteiger partial charge is 0.150 e. The molecule has 0 aliphatic carbocycles. The van der Waals surface area contributed by atoms with Gasteiger partial charge in [-0.1, -0.05) is 44.5 Å². The fraction of sp³-hybridized carbons (Fsp3) is 0.333. The van der Waals surface area contributed by atoms with E-state index < -0.39 is 0 Å². The lowest BCUT2D eigenvalue weighted by atomic mass is 9.85. The van der Waals surface area contributed by atoms with Crippen LogP contribution in [0.1, 0.15) is 37.5 Å². The molecule has 0 amide bonds. The Bertz CT molecular complexity index is 624. The van der Waals surface area contributed by atoms with Gasteiger partial charge in [0.15, 0.2) is 5.75 Å². The Kier molecular flexibility index (Phi) is 3.76. The van der Waals surface area contributed by atoms with Crippen molar-refractivity contribution in [1.82, 2.24) is 0 Å². The summed E-state index contributed by atoms with van der Waals surface area (Å²) >= 11 is 0. The van der Waals surface area contributed by atoms with Crippen LogP contribution in [0.4, 0.5) is 5.69 Å². The summed E-state index contributed by atoms with van der Waals surface area (Å²) < 4.78 is 6.08. The molecule has 106 valence electrons. The zero-order valence-corrected chi connectivity index (χ0v) is 12.9. The average Bonchev–Trinajstić information content (AvgIpc) is 2.34. The van der Waals surface area contributed by atoms with Crippen LogP contribution < -0.4 is 10.5 Å². The summed E-state index contributed by atoms with van der Waals surface area (Å²) in [7, 11) is 0. The third-order valence-electron chi connectivity index (χ3n) is 3.33. The minimum atomic E-state index is 0.0277. The van der Waals surface area contributed by atoms with Gasteiger partial charge in [-0.05, 0) is 43.0 Å². The van der Waals surface area contributed by atoms with Crippen LogP contribution in [0.25, 0.3) is 0 Å². The molecule has 2 aromatic rings. The maximum atomic E-state index is 6.08. The highest BCUT2D eigenvalue weighted by molar-refractivity contribution is 5.56. The molecule has 0 fully saturated rings. The first-order valence-electron chi connectivity index (χ1n) is 6.92. The highest BCUT2D eigenvalue weighted by Crippen LogP contribution is 2.36. The standard InChI is InChI=1S/C18H23NO/c1-12-7-9-16(14(10-12)18(3,4)5)20-17-11-13(2)6-8-15(17)19/h6-11H,19H2,1-5H3. The number of rotatable bonds is 2. The number of ether oxygens (including phenoxy) is 1. The van der Waals surface area contributed by atoms with E-state index in [2.05, 4.69) is 39.8 Å². The van der Waals surface area contributed by atoms with E-state index in [1.165, 1.54) is 11.1 Å². The molecule has 2 N–H and O–H groups in total. The third-order valence-corrected chi connectivity index (χ3v) is 3.33. The maximum absolute atomic E-state index is 6.08. The van der Waals surface area contributed by atoms with Gasteiger partial charge in [-0.25, -0.2) is 0 Å². The molecular formula is C18H23NO. The van der Waals surface area contributed by atoms with Gasteiger partial charge < -0.3 is 10.5 Å². The second-order valence-corrected chi connectivity index (χ2v) is 6.39. The van der Waals surface area contributed by atoms with Crippen molar-refractivity contribution in [2.45, 2.75) is 40.0 Å². The summed E-state index contributed by atoms with van der Waals surface area (Å²) in [5.74, 6) is 1.60. The Morgan fingerprint density at radius 1 is 0.850 bits per heavy atom. The van der Waals surface area contributed by atoms with E-state index in [-0.39, 0.29) is 5.41 Å². The topological polar surface area (TPSA) is 35.2 Å². The molecule has 0 aliphatic heterocycles. The molecule has 0 atom stereocenters. The molecule has 0 radical (unpaired) electrons. The quantitative estimate of drug-likeness (QED) is 0.781. The van der Waals surface area contributed by atoms with E-state index in [1.807, 2.05) is 31.2 Å². The highest BCUT2D eigenvalue weighted by Gasteiger charge is 2.20. The molecule has 2 heteroatoms. The molecule has 2 nitrogen and oxygen atoms in total. The summed E-state index contributed by atoms with van der Waals surface area (Å²) in [5.41, 5.74) is 10.3. The molecule has 2 aromatic carbocycles. The summed E-state index contributed by atoms with van der Waals surface area (Å²) in [6.45, 7) is 10.7. The number of hydrogen-bond acceptors (Lipinski definition) is 2. The first kappa shape index (κ1) is 14.4. The summed E-state index contributed by atoms with van der Waals surface area (Å²) in [4.78, 5) is 0. The number of aryl methyl sites for hydroxylation is 2. The van der Waals surface area contributed by atoms with Crippen LogP contribution in [0.15, 0.2) is 36.4 Å². The monoisotopic (exact) mass is 269 g/mol. The Morgan fingerprint density at radius 2 is 1.45 bits per heavy atom. The van der Waals surface area contributed by atoms with Crippen molar-refractivity contribution in [2.75, 3.05) is 5.73 Å². The van der Waals surface area contributed by atoms with Gasteiger partial charge in [0, 0.05) is 5.56 Å². The predicted octanol–water partition coefficient (Wildman–Crippen LogP) is 4.98. The van der Waals surface area contributed by atoms with Crippen molar-refractivity contribution in [2.24, 2.45) is 0 Å². The Labute approximate surface area is 121 Å². The third kappa shape index (κ3) is 3.13. The van der Waals surface area contributed by atoms with Crippen LogP contribution in [0.5, 0.6) is 11.5 Å². The van der Waals surface area contributed by atoms with E-state index >= 15 is 0 Å². The molecule has 0 aliphatic rings. The van der Waals surface area contributed by atoms with Crippen molar-refractivity contribution in [3.8, 4) is 11.5 Å². The Balaban J connectivity index is 2.46. The van der Waals surface area contributed by atoms with Crippen molar-refractivity contribution in [3.63, 3.8) is 0 Å². The highest BCUT2D eigenvalue weighted by atomic mass is 16.5. The molecule has 0 aromatic heterocycles. The number of nitrogens with two attached hydrogens (primary N) is 1. The first-order chi connectivity index (χ1) is 9.27. The maximum Gasteiger partial charge on any atom is 0.150 e. The summed E-state index contributed by atoms with van der Waals surface area (Å²) in [5, 5.41) is 0. The van der Waals surface area contributed by atoms with Gasteiger partial charge in [-0.2, -0.15) is 0 Å². The zero-order valence-electron chi connectivity index (χ0n) is 12.9. The lowest BCUT2D eigenvalue weighted by molar-refractivity contribution is 0.456. The van der Waals surface area contributed by atoms with Gasteiger partial charge in [0.1, 0.15) is 5.75 Å². The van der Waals surface area contributed by atoms with Crippen molar-refractivity contribution >= 4 is 5.69 Å². The predicted molar refractivity (Wildman–Crippen MR) is 85.5 cm³/mol. The lowest BCUT2D eigenvalue weighted by Gasteiger charge is -2.23. The fourth-order valence-corrected chi connectivity index (χ4v) is 2.17. The molecule has 0 saturated heterocycles. The van der Waals surface area contributed by atoms with Gasteiger partial charge in [0.05, 0.1) is 5.69 Å². The van der Waals surface area contributed by atoms with E-state index in [4.69, 9.17) is 10.5 Å². The fourth-order valence-electron chi connectivity index (χ4n) is 2.17.